The summed E-state index contributed by atoms with van der Waals surface area (Å²) in [6, 6.07) is 12.4. The molecule has 2 aromatic carbocycles. The highest BCUT2D eigenvalue weighted by Gasteiger charge is 2.28. The zero-order valence-electron chi connectivity index (χ0n) is 14.8. The number of aromatic amines is 1. The van der Waals surface area contributed by atoms with Crippen LogP contribution in [0.25, 0.3) is 11.0 Å². The van der Waals surface area contributed by atoms with Gasteiger partial charge < -0.3 is 15.5 Å². The van der Waals surface area contributed by atoms with Crippen LogP contribution in [0.15, 0.2) is 42.5 Å². The van der Waals surface area contributed by atoms with Crippen molar-refractivity contribution in [2.75, 3.05) is 13.2 Å². The number of aromatic nitrogens is 2. The number of nitrogens with zero attached hydrogens (tertiary/aromatic N) is 2. The van der Waals surface area contributed by atoms with Gasteiger partial charge in [0.05, 0.1) is 17.1 Å². The molecule has 0 saturated carbocycles. The van der Waals surface area contributed by atoms with Gasteiger partial charge in [-0.1, -0.05) is 12.1 Å². The number of carbonyl (C=O) groups excluding carboxylic acids is 1. The van der Waals surface area contributed by atoms with Crippen molar-refractivity contribution in [3.63, 3.8) is 0 Å². The minimum absolute atomic E-state index is 0.134. The highest BCUT2D eigenvalue weighted by Crippen LogP contribution is 2.33. The molecule has 0 spiro atoms. The van der Waals surface area contributed by atoms with Gasteiger partial charge in [0.1, 0.15) is 17.4 Å². The summed E-state index contributed by atoms with van der Waals surface area (Å²) < 4.78 is 18.8. The van der Waals surface area contributed by atoms with E-state index in [1.165, 1.54) is 12.1 Å². The second-order valence-electron chi connectivity index (χ2n) is 6.81. The number of hydrogen-bond acceptors (Lipinski definition) is 4. The summed E-state index contributed by atoms with van der Waals surface area (Å²) in [4.78, 5) is 21.2. The number of benzene rings is 2. The fraction of sp³-hybridized carbons (Fsp3) is 0.300. The number of likely N-dealkylation sites (tertiary alicyclic amines) is 1. The third-order valence-electron chi connectivity index (χ3n) is 4.81. The molecule has 1 aliphatic heterocycles. The third-order valence-corrected chi connectivity index (χ3v) is 4.81. The molecule has 0 radical (unpaired) electrons. The standard InChI is InChI=1S/C20H21FN4O2/c21-14-6-7-16-17(10-14)24-20(23-16)18-5-2-8-25(18)11-13-3-1-4-15(9-13)27-12-19(22)26/h1,3-4,6-7,9-10,18H,2,5,8,11-12H2,(H2,22,26)(H,23,24)/t18-/m0/s1. The summed E-state index contributed by atoms with van der Waals surface area (Å²) in [7, 11) is 0. The first kappa shape index (κ1) is 17.5. The van der Waals surface area contributed by atoms with Crippen molar-refractivity contribution in [2.45, 2.75) is 25.4 Å². The maximum atomic E-state index is 13.4. The summed E-state index contributed by atoms with van der Waals surface area (Å²) in [5.41, 5.74) is 7.72. The van der Waals surface area contributed by atoms with Crippen molar-refractivity contribution < 1.29 is 13.9 Å². The lowest BCUT2D eigenvalue weighted by molar-refractivity contribution is -0.119. The number of ether oxygens (including phenoxy) is 1. The smallest absolute Gasteiger partial charge is 0.255 e. The van der Waals surface area contributed by atoms with E-state index in [2.05, 4.69) is 14.9 Å². The number of nitrogens with two attached hydrogens (primary N) is 1. The summed E-state index contributed by atoms with van der Waals surface area (Å²) in [5.74, 6) is 0.727. The molecule has 1 aliphatic rings. The third kappa shape index (κ3) is 3.93. The van der Waals surface area contributed by atoms with Crippen molar-refractivity contribution in [2.24, 2.45) is 5.73 Å². The van der Waals surface area contributed by atoms with Crippen LogP contribution in [0.2, 0.25) is 0 Å². The Morgan fingerprint density at radius 1 is 1.33 bits per heavy atom. The number of primary amides is 1. The number of fused-ring (bicyclic) bond motifs is 1. The van der Waals surface area contributed by atoms with Crippen LogP contribution in [0.5, 0.6) is 5.75 Å². The van der Waals surface area contributed by atoms with Crippen molar-refractivity contribution in [1.29, 1.82) is 0 Å². The molecule has 4 rings (SSSR count). The Bertz CT molecular complexity index is 972. The molecule has 0 bridgehead atoms. The molecule has 2 heterocycles. The van der Waals surface area contributed by atoms with Gasteiger partial charge in [0.15, 0.2) is 6.61 Å². The van der Waals surface area contributed by atoms with Gasteiger partial charge in [-0.05, 0) is 55.3 Å². The molecule has 140 valence electrons. The number of hydrogen-bond donors (Lipinski definition) is 2. The summed E-state index contributed by atoms with van der Waals surface area (Å²) >= 11 is 0. The quantitative estimate of drug-likeness (QED) is 0.701. The monoisotopic (exact) mass is 368 g/mol. The highest BCUT2D eigenvalue weighted by atomic mass is 19.1. The number of carbonyl (C=O) groups is 1. The van der Waals surface area contributed by atoms with Crippen LogP contribution in [-0.4, -0.2) is 33.9 Å². The number of nitrogens with one attached hydrogen (secondary N) is 1. The normalized spacial score (nSPS) is 17.4. The molecule has 1 fully saturated rings. The largest absolute Gasteiger partial charge is 0.484 e. The average molecular weight is 368 g/mol. The van der Waals surface area contributed by atoms with Gasteiger partial charge in [-0.3, -0.25) is 9.69 Å². The Kier molecular flexibility index (Phi) is 4.77. The first-order valence-corrected chi connectivity index (χ1v) is 8.98. The maximum Gasteiger partial charge on any atom is 0.255 e. The van der Waals surface area contributed by atoms with Gasteiger partial charge >= 0.3 is 0 Å². The van der Waals surface area contributed by atoms with Gasteiger partial charge in [-0.15, -0.1) is 0 Å². The second-order valence-corrected chi connectivity index (χ2v) is 6.81. The first-order chi connectivity index (χ1) is 13.1. The highest BCUT2D eigenvalue weighted by molar-refractivity contribution is 5.75. The van der Waals surface area contributed by atoms with E-state index in [0.717, 1.165) is 48.4 Å². The zero-order chi connectivity index (χ0) is 18.8. The molecule has 0 aliphatic carbocycles. The summed E-state index contributed by atoms with van der Waals surface area (Å²) in [6.07, 6.45) is 2.08. The molecule has 1 saturated heterocycles. The van der Waals surface area contributed by atoms with Crippen molar-refractivity contribution in [1.82, 2.24) is 14.9 Å². The zero-order valence-corrected chi connectivity index (χ0v) is 14.8. The molecule has 1 amide bonds. The Balaban J connectivity index is 1.51. The lowest BCUT2D eigenvalue weighted by Gasteiger charge is -2.23. The SMILES string of the molecule is NC(=O)COc1cccc(CN2CCC[C@H]2c2nc3ccc(F)cc3[nH]2)c1. The van der Waals surface area contributed by atoms with E-state index >= 15 is 0 Å². The number of H-pyrrole nitrogens is 1. The molecular formula is C20H21FN4O2. The molecule has 3 N–H and O–H groups in total. The van der Waals surface area contributed by atoms with Crippen molar-refractivity contribution in [3.8, 4) is 5.75 Å². The molecule has 1 aromatic heterocycles. The number of rotatable bonds is 6. The van der Waals surface area contributed by atoms with Gasteiger partial charge in [-0.25, -0.2) is 9.37 Å². The average Bonchev–Trinajstić information content (AvgIpc) is 3.26. The van der Waals surface area contributed by atoms with Crippen LogP contribution in [0.4, 0.5) is 4.39 Å². The van der Waals surface area contributed by atoms with Gasteiger partial charge in [0, 0.05) is 6.54 Å². The maximum absolute atomic E-state index is 13.4. The van der Waals surface area contributed by atoms with E-state index in [1.54, 1.807) is 6.07 Å². The molecular weight excluding hydrogens is 347 g/mol. The lowest BCUT2D eigenvalue weighted by atomic mass is 10.1. The number of imidazole rings is 1. The topological polar surface area (TPSA) is 84.2 Å². The number of halogens is 1. The molecule has 1 atom stereocenters. The van der Waals surface area contributed by atoms with Crippen molar-refractivity contribution >= 4 is 16.9 Å². The number of amides is 1. The second kappa shape index (κ2) is 7.36. The first-order valence-electron chi connectivity index (χ1n) is 8.98. The Labute approximate surface area is 156 Å². The predicted molar refractivity (Wildman–Crippen MR) is 99.6 cm³/mol. The minimum Gasteiger partial charge on any atom is -0.484 e. The summed E-state index contributed by atoms with van der Waals surface area (Å²) in [5, 5.41) is 0. The summed E-state index contributed by atoms with van der Waals surface area (Å²) in [6.45, 7) is 1.57. The fourth-order valence-electron chi connectivity index (χ4n) is 3.61. The van der Waals surface area contributed by atoms with Crippen LogP contribution in [0.3, 0.4) is 0 Å². The van der Waals surface area contributed by atoms with Gasteiger partial charge in [0.2, 0.25) is 0 Å². The minimum atomic E-state index is -0.499. The van der Waals surface area contributed by atoms with Crippen LogP contribution >= 0.6 is 0 Å². The van der Waals surface area contributed by atoms with E-state index < -0.39 is 5.91 Å². The predicted octanol–water partition coefficient (Wildman–Crippen LogP) is 2.90. The molecule has 27 heavy (non-hydrogen) atoms. The van der Waals surface area contributed by atoms with Crippen LogP contribution in [0.1, 0.15) is 30.3 Å². The van der Waals surface area contributed by atoms with E-state index in [4.69, 9.17) is 10.5 Å². The van der Waals surface area contributed by atoms with Crippen LogP contribution < -0.4 is 10.5 Å². The van der Waals surface area contributed by atoms with E-state index in [1.807, 2.05) is 24.3 Å². The molecule has 3 aromatic rings. The van der Waals surface area contributed by atoms with E-state index in [0.29, 0.717) is 5.75 Å². The fourth-order valence-corrected chi connectivity index (χ4v) is 3.61. The molecule has 6 nitrogen and oxygen atoms in total. The Morgan fingerprint density at radius 2 is 2.22 bits per heavy atom. The van der Waals surface area contributed by atoms with Crippen LogP contribution in [0, 0.1) is 5.82 Å². The van der Waals surface area contributed by atoms with Gasteiger partial charge in [0.25, 0.3) is 5.91 Å². The molecule has 7 heteroatoms. The molecule has 0 unspecified atom stereocenters. The van der Waals surface area contributed by atoms with Gasteiger partial charge in [-0.2, -0.15) is 0 Å². The van der Waals surface area contributed by atoms with Crippen LogP contribution in [-0.2, 0) is 11.3 Å². The van der Waals surface area contributed by atoms with Crippen molar-refractivity contribution in [3.05, 3.63) is 59.7 Å². The van der Waals surface area contributed by atoms with E-state index in [9.17, 15) is 9.18 Å². The van der Waals surface area contributed by atoms with E-state index in [-0.39, 0.29) is 18.5 Å². The Hall–Kier alpha value is -2.93. The Morgan fingerprint density at radius 3 is 3.07 bits per heavy atom. The lowest BCUT2D eigenvalue weighted by Crippen LogP contribution is -2.23.